The Hall–Kier alpha value is -1.55. The van der Waals surface area contributed by atoms with Crippen LogP contribution < -0.4 is 5.73 Å². The van der Waals surface area contributed by atoms with Crippen molar-refractivity contribution >= 4 is 5.91 Å². The van der Waals surface area contributed by atoms with Gasteiger partial charge in [-0.15, -0.1) is 0 Å². The molecule has 1 rings (SSSR count). The van der Waals surface area contributed by atoms with Crippen LogP contribution in [0.25, 0.3) is 0 Å². The molecule has 0 aliphatic heterocycles. The number of hydrogen-bond acceptors (Lipinski definition) is 3. The number of phenols is 1. The van der Waals surface area contributed by atoms with Gasteiger partial charge in [0.15, 0.2) is 0 Å². The molecule has 0 radical (unpaired) electrons. The van der Waals surface area contributed by atoms with Gasteiger partial charge in [-0.1, -0.05) is 12.1 Å². The number of methoxy groups -OCH3 is 1. The van der Waals surface area contributed by atoms with Crippen LogP contribution >= 0.6 is 0 Å². The Kier molecular flexibility index (Phi) is 3.48. The lowest BCUT2D eigenvalue weighted by molar-refractivity contribution is -0.127. The number of rotatable bonds is 4. The Balaban J connectivity index is 2.67. The Morgan fingerprint density at radius 2 is 2.07 bits per heavy atom. The van der Waals surface area contributed by atoms with E-state index < -0.39 is 12.0 Å². The average Bonchev–Trinajstić information content (AvgIpc) is 2.16. The SMILES string of the molecule is COC(Cc1ccc(O)cc1)C(N)=O. The summed E-state index contributed by atoms with van der Waals surface area (Å²) >= 11 is 0. The molecule has 1 unspecified atom stereocenters. The molecule has 1 aromatic carbocycles. The van der Waals surface area contributed by atoms with Crippen molar-refractivity contribution in [2.75, 3.05) is 7.11 Å². The minimum Gasteiger partial charge on any atom is -0.508 e. The summed E-state index contributed by atoms with van der Waals surface area (Å²) in [6, 6.07) is 6.57. The van der Waals surface area contributed by atoms with Crippen molar-refractivity contribution < 1.29 is 14.6 Å². The largest absolute Gasteiger partial charge is 0.508 e. The molecule has 0 aliphatic carbocycles. The van der Waals surface area contributed by atoms with Gasteiger partial charge >= 0.3 is 0 Å². The fourth-order valence-electron chi connectivity index (χ4n) is 1.15. The van der Waals surface area contributed by atoms with Gasteiger partial charge in [0.25, 0.3) is 0 Å². The summed E-state index contributed by atoms with van der Waals surface area (Å²) in [5.41, 5.74) is 6.01. The predicted octanol–water partition coefficient (Wildman–Crippen LogP) is 0.435. The molecule has 0 aromatic heterocycles. The summed E-state index contributed by atoms with van der Waals surface area (Å²) in [5.74, 6) is -0.289. The second-order valence-electron chi connectivity index (χ2n) is 3.00. The first-order valence-electron chi connectivity index (χ1n) is 4.23. The standard InChI is InChI=1S/C10H13NO3/c1-14-9(10(11)13)6-7-2-4-8(12)5-3-7/h2-5,9,12H,6H2,1H3,(H2,11,13). The first-order valence-corrected chi connectivity index (χ1v) is 4.23. The number of hydrogen-bond donors (Lipinski definition) is 2. The summed E-state index contributed by atoms with van der Waals surface area (Å²) < 4.78 is 4.91. The van der Waals surface area contributed by atoms with Gasteiger partial charge in [-0.05, 0) is 17.7 Å². The number of aromatic hydroxyl groups is 1. The maximum atomic E-state index is 10.8. The maximum absolute atomic E-state index is 10.8. The van der Waals surface area contributed by atoms with Gasteiger partial charge in [-0.3, -0.25) is 4.79 Å². The van der Waals surface area contributed by atoms with E-state index >= 15 is 0 Å². The third-order valence-corrected chi connectivity index (χ3v) is 1.96. The third-order valence-electron chi connectivity index (χ3n) is 1.96. The molecule has 1 aromatic rings. The lowest BCUT2D eigenvalue weighted by atomic mass is 10.1. The molecule has 14 heavy (non-hydrogen) atoms. The highest BCUT2D eigenvalue weighted by Gasteiger charge is 2.14. The fraction of sp³-hybridized carbons (Fsp3) is 0.300. The van der Waals surface area contributed by atoms with Crippen LogP contribution in [0.15, 0.2) is 24.3 Å². The van der Waals surface area contributed by atoms with E-state index in [2.05, 4.69) is 0 Å². The average molecular weight is 195 g/mol. The van der Waals surface area contributed by atoms with Crippen LogP contribution in [0.2, 0.25) is 0 Å². The van der Waals surface area contributed by atoms with Gasteiger partial charge in [-0.2, -0.15) is 0 Å². The van der Waals surface area contributed by atoms with Crippen molar-refractivity contribution in [1.82, 2.24) is 0 Å². The normalized spacial score (nSPS) is 12.4. The Bertz CT molecular complexity index is 308. The molecule has 1 amide bonds. The lowest BCUT2D eigenvalue weighted by Crippen LogP contribution is -2.32. The number of amides is 1. The molecule has 0 saturated heterocycles. The van der Waals surface area contributed by atoms with Gasteiger partial charge in [0, 0.05) is 13.5 Å². The summed E-state index contributed by atoms with van der Waals surface area (Å²) in [6.45, 7) is 0. The molecule has 0 bridgehead atoms. The van der Waals surface area contributed by atoms with Crippen LogP contribution in [-0.4, -0.2) is 24.2 Å². The highest BCUT2D eigenvalue weighted by Crippen LogP contribution is 2.11. The van der Waals surface area contributed by atoms with Crippen molar-refractivity contribution in [3.63, 3.8) is 0 Å². The van der Waals surface area contributed by atoms with Crippen LogP contribution in [0.5, 0.6) is 5.75 Å². The van der Waals surface area contributed by atoms with Crippen molar-refractivity contribution in [3.05, 3.63) is 29.8 Å². The van der Waals surface area contributed by atoms with E-state index in [1.54, 1.807) is 24.3 Å². The van der Waals surface area contributed by atoms with Crippen LogP contribution in [0.1, 0.15) is 5.56 Å². The van der Waals surface area contributed by atoms with Gasteiger partial charge in [-0.25, -0.2) is 0 Å². The zero-order valence-corrected chi connectivity index (χ0v) is 7.93. The number of phenolic OH excluding ortho intramolecular Hbond substituents is 1. The highest BCUT2D eigenvalue weighted by atomic mass is 16.5. The van der Waals surface area contributed by atoms with Crippen molar-refractivity contribution in [1.29, 1.82) is 0 Å². The van der Waals surface area contributed by atoms with Gasteiger partial charge in [0.05, 0.1) is 0 Å². The second kappa shape index (κ2) is 4.62. The molecule has 3 N–H and O–H groups in total. The zero-order valence-electron chi connectivity index (χ0n) is 7.93. The molecule has 4 nitrogen and oxygen atoms in total. The molecule has 4 heteroatoms. The van der Waals surface area contributed by atoms with Crippen molar-refractivity contribution in [2.24, 2.45) is 5.73 Å². The summed E-state index contributed by atoms with van der Waals surface area (Å²) in [7, 11) is 1.44. The summed E-state index contributed by atoms with van der Waals surface area (Å²) in [4.78, 5) is 10.8. The van der Waals surface area contributed by atoms with E-state index in [4.69, 9.17) is 15.6 Å². The molecule has 76 valence electrons. The van der Waals surface area contributed by atoms with Gasteiger partial charge < -0.3 is 15.6 Å². The van der Waals surface area contributed by atoms with Crippen LogP contribution in [0.3, 0.4) is 0 Å². The molecule has 0 saturated carbocycles. The number of primary amides is 1. The first-order chi connectivity index (χ1) is 6.63. The fourth-order valence-corrected chi connectivity index (χ4v) is 1.15. The predicted molar refractivity (Wildman–Crippen MR) is 51.8 cm³/mol. The van der Waals surface area contributed by atoms with Gasteiger partial charge in [0.1, 0.15) is 11.9 Å². The monoisotopic (exact) mass is 195 g/mol. The second-order valence-corrected chi connectivity index (χ2v) is 3.00. The van der Waals surface area contributed by atoms with E-state index in [1.165, 1.54) is 7.11 Å². The topological polar surface area (TPSA) is 72.6 Å². The molecule has 0 aliphatic rings. The zero-order chi connectivity index (χ0) is 10.6. The number of carbonyl (C=O) groups excluding carboxylic acids is 1. The first kappa shape index (κ1) is 10.5. The van der Waals surface area contributed by atoms with Gasteiger partial charge in [0.2, 0.25) is 5.91 Å². The molecular formula is C10H13NO3. The van der Waals surface area contributed by atoms with E-state index in [9.17, 15) is 4.79 Å². The van der Waals surface area contributed by atoms with Crippen LogP contribution in [0, 0.1) is 0 Å². The number of ether oxygens (including phenoxy) is 1. The Morgan fingerprint density at radius 1 is 1.50 bits per heavy atom. The van der Waals surface area contributed by atoms with Crippen LogP contribution in [0.4, 0.5) is 0 Å². The highest BCUT2D eigenvalue weighted by molar-refractivity contribution is 5.79. The smallest absolute Gasteiger partial charge is 0.246 e. The molecular weight excluding hydrogens is 182 g/mol. The summed E-state index contributed by atoms with van der Waals surface area (Å²) in [5, 5.41) is 9.03. The van der Waals surface area contributed by atoms with Crippen LogP contribution in [-0.2, 0) is 16.0 Å². The minimum atomic E-state index is -0.612. The quantitative estimate of drug-likeness (QED) is 0.732. The maximum Gasteiger partial charge on any atom is 0.246 e. The molecule has 0 fully saturated rings. The summed E-state index contributed by atoms with van der Waals surface area (Å²) in [6.07, 6.45) is -0.189. The number of benzene rings is 1. The number of carbonyl (C=O) groups is 1. The third kappa shape index (κ3) is 2.74. The van der Waals surface area contributed by atoms with E-state index in [-0.39, 0.29) is 5.75 Å². The van der Waals surface area contributed by atoms with Crippen molar-refractivity contribution in [2.45, 2.75) is 12.5 Å². The molecule has 1 atom stereocenters. The molecule has 0 heterocycles. The molecule has 0 spiro atoms. The Labute approximate surface area is 82.3 Å². The van der Waals surface area contributed by atoms with E-state index in [0.717, 1.165) is 5.56 Å². The van der Waals surface area contributed by atoms with Crippen molar-refractivity contribution in [3.8, 4) is 5.75 Å². The lowest BCUT2D eigenvalue weighted by Gasteiger charge is -2.10. The van der Waals surface area contributed by atoms with E-state index in [1.807, 2.05) is 0 Å². The van der Waals surface area contributed by atoms with E-state index in [0.29, 0.717) is 6.42 Å². The minimum absolute atomic E-state index is 0.196. The Morgan fingerprint density at radius 3 is 2.50 bits per heavy atom. The number of nitrogens with two attached hydrogens (primary N) is 1.